The molecule has 24 heavy (non-hydrogen) atoms. The van der Waals surface area contributed by atoms with Gasteiger partial charge in [-0.2, -0.15) is 0 Å². The Kier molecular flexibility index (Phi) is 5.83. The molecule has 0 aliphatic carbocycles. The van der Waals surface area contributed by atoms with Crippen LogP contribution in [0.1, 0.15) is 16.8 Å². The Hall–Kier alpha value is -2.52. The van der Waals surface area contributed by atoms with Crippen molar-refractivity contribution in [3.63, 3.8) is 0 Å². The molecule has 2 rings (SSSR count). The first-order valence-electron chi connectivity index (χ1n) is 6.70. The van der Waals surface area contributed by atoms with Gasteiger partial charge in [0.05, 0.1) is 16.3 Å². The van der Waals surface area contributed by atoms with Gasteiger partial charge in [0.25, 0.3) is 0 Å². The van der Waals surface area contributed by atoms with Gasteiger partial charge in [0, 0.05) is 18.2 Å². The number of aromatic carboxylic acids is 1. The van der Waals surface area contributed by atoms with Crippen LogP contribution in [0.3, 0.4) is 0 Å². The lowest BCUT2D eigenvalue weighted by Crippen LogP contribution is -2.13. The Bertz CT molecular complexity index is 767. The van der Waals surface area contributed by atoms with Gasteiger partial charge in [-0.25, -0.2) is 14.8 Å². The van der Waals surface area contributed by atoms with Crippen molar-refractivity contribution in [3.8, 4) is 0 Å². The average molecular weight is 368 g/mol. The van der Waals surface area contributed by atoms with E-state index in [4.69, 9.17) is 28.2 Å². The minimum absolute atomic E-state index is 0.0349. The summed E-state index contributed by atoms with van der Waals surface area (Å²) in [5, 5.41) is 12.2. The first-order chi connectivity index (χ1) is 11.3. The number of benzene rings is 1. The quantitative estimate of drug-likeness (QED) is 0.448. The monoisotopic (exact) mass is 367 g/mol. The second-order valence-electron chi connectivity index (χ2n) is 4.65. The number of nitrogens with one attached hydrogen (secondary N) is 1. The highest BCUT2D eigenvalue weighted by Gasteiger charge is 2.11. The van der Waals surface area contributed by atoms with E-state index in [-0.39, 0.29) is 40.2 Å². The highest BCUT2D eigenvalue weighted by atomic mass is 35.5. The number of carbonyl (C=O) groups excluding carboxylic acids is 1. The summed E-state index contributed by atoms with van der Waals surface area (Å²) >= 11 is 7.18. The molecule has 0 atom stereocenters. The van der Waals surface area contributed by atoms with Crippen LogP contribution in [0.4, 0.5) is 17.3 Å². The fourth-order valence-corrected chi connectivity index (χ4v) is 2.70. The number of hydrogen-bond acceptors (Lipinski definition) is 7. The Morgan fingerprint density at radius 3 is 2.50 bits per heavy atom. The van der Waals surface area contributed by atoms with Crippen LogP contribution in [0.25, 0.3) is 0 Å². The van der Waals surface area contributed by atoms with Crippen LogP contribution < -0.4 is 16.8 Å². The van der Waals surface area contributed by atoms with Crippen LogP contribution in [0.5, 0.6) is 0 Å². The van der Waals surface area contributed by atoms with E-state index in [0.29, 0.717) is 10.9 Å². The first-order valence-corrected chi connectivity index (χ1v) is 8.07. The van der Waals surface area contributed by atoms with Gasteiger partial charge in [-0.3, -0.25) is 4.79 Å². The van der Waals surface area contributed by atoms with Gasteiger partial charge in [-0.15, -0.1) is 0 Å². The minimum Gasteiger partial charge on any atom is -0.478 e. The molecule has 1 heterocycles. The zero-order chi connectivity index (χ0) is 17.7. The van der Waals surface area contributed by atoms with E-state index >= 15 is 0 Å². The standard InChI is InChI=1S/C14H14ClN5O3S/c15-8-2-1-7(13(22)23)5-9(8)18-12(21)3-4-24-14-19-10(16)6-11(17)20-14/h1-2,5-6H,3-4H2,(H,18,21)(H,22,23)(H4,16,17,19,20). The zero-order valence-corrected chi connectivity index (χ0v) is 13.9. The summed E-state index contributed by atoms with van der Waals surface area (Å²) in [5.41, 5.74) is 11.4. The van der Waals surface area contributed by atoms with Crippen molar-refractivity contribution in [1.29, 1.82) is 0 Å². The number of nitrogen functional groups attached to an aromatic ring is 2. The normalized spacial score (nSPS) is 10.4. The predicted octanol–water partition coefficient (Wildman–Crippen LogP) is 2.11. The Morgan fingerprint density at radius 1 is 1.21 bits per heavy atom. The summed E-state index contributed by atoms with van der Waals surface area (Å²) < 4.78 is 0. The molecule has 8 nitrogen and oxygen atoms in total. The van der Waals surface area contributed by atoms with E-state index < -0.39 is 5.97 Å². The number of carboxylic acids is 1. The summed E-state index contributed by atoms with van der Waals surface area (Å²) in [6, 6.07) is 5.52. The fraction of sp³-hybridized carbons (Fsp3) is 0.143. The number of nitrogens with two attached hydrogens (primary N) is 2. The number of carboxylic acid groups (broad SMARTS) is 1. The molecular formula is C14H14ClN5O3S. The zero-order valence-electron chi connectivity index (χ0n) is 12.3. The molecule has 0 bridgehead atoms. The Morgan fingerprint density at radius 2 is 1.88 bits per heavy atom. The number of amides is 1. The average Bonchev–Trinajstić information content (AvgIpc) is 2.48. The molecule has 1 aromatic carbocycles. The summed E-state index contributed by atoms with van der Waals surface area (Å²) in [7, 11) is 0. The van der Waals surface area contributed by atoms with Gasteiger partial charge in [-0.05, 0) is 18.2 Å². The molecule has 0 fully saturated rings. The van der Waals surface area contributed by atoms with Crippen molar-refractivity contribution in [1.82, 2.24) is 9.97 Å². The number of thioether (sulfide) groups is 1. The number of rotatable bonds is 6. The Labute approximate surface area is 146 Å². The van der Waals surface area contributed by atoms with Gasteiger partial charge in [0.1, 0.15) is 11.6 Å². The second-order valence-corrected chi connectivity index (χ2v) is 6.12. The minimum atomic E-state index is -1.10. The van der Waals surface area contributed by atoms with Gasteiger partial charge in [0.15, 0.2) is 5.16 Å². The summed E-state index contributed by atoms with van der Waals surface area (Å²) in [6.07, 6.45) is 0.149. The number of hydrogen-bond donors (Lipinski definition) is 4. The molecule has 0 radical (unpaired) electrons. The Balaban J connectivity index is 1.91. The third-order valence-corrected chi connectivity index (χ3v) is 3.97. The van der Waals surface area contributed by atoms with Crippen molar-refractivity contribution in [3.05, 3.63) is 34.9 Å². The third-order valence-electron chi connectivity index (χ3n) is 2.79. The van der Waals surface area contributed by atoms with Crippen molar-refractivity contribution >= 4 is 52.6 Å². The van der Waals surface area contributed by atoms with Gasteiger partial charge in [-0.1, -0.05) is 23.4 Å². The summed E-state index contributed by atoms with van der Waals surface area (Å²) in [5.74, 6) is -0.512. The highest BCUT2D eigenvalue weighted by molar-refractivity contribution is 7.99. The number of carbonyl (C=O) groups is 2. The molecule has 10 heteroatoms. The van der Waals surface area contributed by atoms with Crippen molar-refractivity contribution < 1.29 is 14.7 Å². The van der Waals surface area contributed by atoms with Crippen LogP contribution in [0.2, 0.25) is 5.02 Å². The fourth-order valence-electron chi connectivity index (χ4n) is 1.73. The van der Waals surface area contributed by atoms with Gasteiger partial charge >= 0.3 is 5.97 Å². The number of anilines is 3. The molecule has 0 saturated heterocycles. The van der Waals surface area contributed by atoms with E-state index in [1.807, 2.05) is 0 Å². The molecule has 0 aliphatic rings. The van der Waals surface area contributed by atoms with E-state index in [1.165, 1.54) is 36.0 Å². The molecule has 0 spiro atoms. The highest BCUT2D eigenvalue weighted by Crippen LogP contribution is 2.24. The van der Waals surface area contributed by atoms with Gasteiger partial charge < -0.3 is 21.9 Å². The largest absolute Gasteiger partial charge is 0.478 e. The van der Waals surface area contributed by atoms with Crippen molar-refractivity contribution in [2.75, 3.05) is 22.5 Å². The van der Waals surface area contributed by atoms with E-state index in [9.17, 15) is 9.59 Å². The topological polar surface area (TPSA) is 144 Å². The maximum Gasteiger partial charge on any atom is 0.335 e. The SMILES string of the molecule is Nc1cc(N)nc(SCCC(=O)Nc2cc(C(=O)O)ccc2Cl)n1. The number of halogens is 1. The predicted molar refractivity (Wildman–Crippen MR) is 93.2 cm³/mol. The molecule has 1 amide bonds. The van der Waals surface area contributed by atoms with E-state index in [2.05, 4.69) is 15.3 Å². The molecule has 2 aromatic rings. The molecule has 0 unspecified atom stereocenters. The maximum atomic E-state index is 11.9. The van der Waals surface area contributed by atoms with Crippen molar-refractivity contribution in [2.24, 2.45) is 0 Å². The number of aromatic nitrogens is 2. The lowest BCUT2D eigenvalue weighted by atomic mass is 10.2. The van der Waals surface area contributed by atoms with Crippen molar-refractivity contribution in [2.45, 2.75) is 11.6 Å². The van der Waals surface area contributed by atoms with E-state index in [1.54, 1.807) is 0 Å². The maximum absolute atomic E-state index is 11.9. The molecule has 1 aromatic heterocycles. The van der Waals surface area contributed by atoms with Crippen LogP contribution in [0.15, 0.2) is 29.4 Å². The van der Waals surface area contributed by atoms with Crippen LogP contribution in [0, 0.1) is 0 Å². The number of nitrogens with zero attached hydrogens (tertiary/aromatic N) is 2. The molecule has 0 aliphatic heterocycles. The second kappa shape index (κ2) is 7.84. The smallest absolute Gasteiger partial charge is 0.335 e. The van der Waals surface area contributed by atoms with Crippen LogP contribution in [-0.2, 0) is 4.79 Å². The molecule has 6 N–H and O–H groups in total. The molecule has 0 saturated carbocycles. The van der Waals surface area contributed by atoms with E-state index in [0.717, 1.165) is 0 Å². The lowest BCUT2D eigenvalue weighted by molar-refractivity contribution is -0.115. The van der Waals surface area contributed by atoms with Crippen LogP contribution in [-0.4, -0.2) is 32.7 Å². The molecule has 126 valence electrons. The molecular weight excluding hydrogens is 354 g/mol. The summed E-state index contributed by atoms with van der Waals surface area (Å²) in [4.78, 5) is 30.9. The first kappa shape index (κ1) is 17.8. The van der Waals surface area contributed by atoms with Gasteiger partial charge in [0.2, 0.25) is 5.91 Å². The lowest BCUT2D eigenvalue weighted by Gasteiger charge is -2.08. The summed E-state index contributed by atoms with van der Waals surface area (Å²) in [6.45, 7) is 0. The third kappa shape index (κ3) is 5.00. The van der Waals surface area contributed by atoms with Crippen LogP contribution >= 0.6 is 23.4 Å².